The molecule has 1 aliphatic rings. The van der Waals surface area contributed by atoms with Gasteiger partial charge in [-0.1, -0.05) is 6.07 Å². The molecule has 2 heterocycles. The summed E-state index contributed by atoms with van der Waals surface area (Å²) in [6, 6.07) is 5.58. The van der Waals surface area contributed by atoms with Gasteiger partial charge in [0, 0.05) is 0 Å². The molecule has 0 bridgehead atoms. The third-order valence-corrected chi connectivity index (χ3v) is 4.81. The number of fused-ring (bicyclic) bond motifs is 1. The lowest BCUT2D eigenvalue weighted by atomic mass is 10.0. The van der Waals surface area contributed by atoms with Crippen molar-refractivity contribution in [2.45, 2.75) is 25.3 Å². The van der Waals surface area contributed by atoms with E-state index >= 15 is 0 Å². The SMILES string of the molecule is C[C@]1(c2nc3c(C(N)=O)cccc3s2)CCCN1. The minimum Gasteiger partial charge on any atom is -0.366 e. The fourth-order valence-corrected chi connectivity index (χ4v) is 3.60. The van der Waals surface area contributed by atoms with E-state index in [0.717, 1.165) is 34.6 Å². The fraction of sp³-hybridized carbons (Fsp3) is 0.385. The van der Waals surface area contributed by atoms with Crippen LogP contribution in [0.1, 0.15) is 35.1 Å². The van der Waals surface area contributed by atoms with E-state index in [2.05, 4.69) is 17.2 Å². The number of hydrogen-bond acceptors (Lipinski definition) is 4. The summed E-state index contributed by atoms with van der Waals surface area (Å²) in [7, 11) is 0. The van der Waals surface area contributed by atoms with E-state index in [-0.39, 0.29) is 5.54 Å². The van der Waals surface area contributed by atoms with Crippen LogP contribution in [0.4, 0.5) is 0 Å². The van der Waals surface area contributed by atoms with Crippen LogP contribution in [0.15, 0.2) is 18.2 Å². The number of carbonyl (C=O) groups is 1. The molecular formula is C13H15N3OS. The van der Waals surface area contributed by atoms with Gasteiger partial charge in [0.15, 0.2) is 0 Å². The van der Waals surface area contributed by atoms with Crippen LogP contribution >= 0.6 is 11.3 Å². The molecule has 2 aromatic rings. The van der Waals surface area contributed by atoms with Gasteiger partial charge in [0.05, 0.1) is 21.3 Å². The number of amides is 1. The minimum absolute atomic E-state index is 0.0569. The zero-order chi connectivity index (χ0) is 12.8. The minimum atomic E-state index is -0.415. The van der Waals surface area contributed by atoms with Gasteiger partial charge in [-0.2, -0.15) is 0 Å². The molecule has 0 saturated carbocycles. The third-order valence-electron chi connectivity index (χ3n) is 3.53. The lowest BCUT2D eigenvalue weighted by Gasteiger charge is -2.20. The van der Waals surface area contributed by atoms with Gasteiger partial charge in [-0.25, -0.2) is 4.98 Å². The molecule has 1 aliphatic heterocycles. The smallest absolute Gasteiger partial charge is 0.250 e. The number of nitrogens with one attached hydrogen (secondary N) is 1. The van der Waals surface area contributed by atoms with Crippen LogP contribution in [0, 0.1) is 0 Å². The Kier molecular flexibility index (Phi) is 2.60. The number of benzene rings is 1. The van der Waals surface area contributed by atoms with Gasteiger partial charge in [0.25, 0.3) is 5.91 Å². The van der Waals surface area contributed by atoms with Crippen LogP contribution in [-0.4, -0.2) is 17.4 Å². The van der Waals surface area contributed by atoms with Gasteiger partial charge >= 0.3 is 0 Å². The summed E-state index contributed by atoms with van der Waals surface area (Å²) in [5, 5.41) is 4.54. The molecule has 4 nitrogen and oxygen atoms in total. The number of aromatic nitrogens is 1. The maximum atomic E-state index is 11.4. The van der Waals surface area contributed by atoms with E-state index in [4.69, 9.17) is 5.73 Å². The molecule has 0 radical (unpaired) electrons. The van der Waals surface area contributed by atoms with Crippen LogP contribution in [0.5, 0.6) is 0 Å². The monoisotopic (exact) mass is 261 g/mol. The van der Waals surface area contributed by atoms with Gasteiger partial charge in [0.2, 0.25) is 0 Å². The zero-order valence-corrected chi connectivity index (χ0v) is 11.0. The second-order valence-electron chi connectivity index (χ2n) is 4.90. The first kappa shape index (κ1) is 11.6. The summed E-state index contributed by atoms with van der Waals surface area (Å²) in [6.45, 7) is 3.19. The number of hydrogen-bond donors (Lipinski definition) is 2. The Morgan fingerprint density at radius 1 is 1.56 bits per heavy atom. The van der Waals surface area contributed by atoms with Gasteiger partial charge in [0.1, 0.15) is 5.01 Å². The summed E-state index contributed by atoms with van der Waals surface area (Å²) >= 11 is 1.64. The molecule has 1 aromatic carbocycles. The largest absolute Gasteiger partial charge is 0.366 e. The highest BCUT2D eigenvalue weighted by molar-refractivity contribution is 7.18. The average molecular weight is 261 g/mol. The van der Waals surface area contributed by atoms with Crippen molar-refractivity contribution in [1.29, 1.82) is 0 Å². The van der Waals surface area contributed by atoms with Crippen LogP contribution in [0.3, 0.4) is 0 Å². The van der Waals surface area contributed by atoms with E-state index in [1.807, 2.05) is 12.1 Å². The molecule has 18 heavy (non-hydrogen) atoms. The van der Waals surface area contributed by atoms with Crippen LogP contribution in [0.25, 0.3) is 10.2 Å². The molecule has 0 spiro atoms. The Labute approximate surface area is 109 Å². The molecule has 1 saturated heterocycles. The number of primary amides is 1. The van der Waals surface area contributed by atoms with Crippen molar-refractivity contribution in [2.75, 3.05) is 6.54 Å². The van der Waals surface area contributed by atoms with Crippen molar-refractivity contribution in [3.63, 3.8) is 0 Å². The Bertz CT molecular complexity index is 614. The molecule has 0 unspecified atom stereocenters. The van der Waals surface area contributed by atoms with Gasteiger partial charge in [-0.05, 0) is 38.4 Å². The molecule has 0 aliphatic carbocycles. The number of nitrogens with zero attached hydrogens (tertiary/aromatic N) is 1. The maximum Gasteiger partial charge on any atom is 0.250 e. The summed E-state index contributed by atoms with van der Waals surface area (Å²) < 4.78 is 1.02. The van der Waals surface area contributed by atoms with E-state index in [1.165, 1.54) is 0 Å². The van der Waals surface area contributed by atoms with Crippen molar-refractivity contribution < 1.29 is 4.79 Å². The summed E-state index contributed by atoms with van der Waals surface area (Å²) in [5.41, 5.74) is 6.58. The van der Waals surface area contributed by atoms with Crippen molar-refractivity contribution in [3.05, 3.63) is 28.8 Å². The van der Waals surface area contributed by atoms with Crippen LogP contribution in [-0.2, 0) is 5.54 Å². The van der Waals surface area contributed by atoms with Crippen molar-refractivity contribution in [1.82, 2.24) is 10.3 Å². The van der Waals surface area contributed by atoms with Crippen molar-refractivity contribution in [2.24, 2.45) is 5.73 Å². The molecule has 1 fully saturated rings. The lowest BCUT2D eigenvalue weighted by molar-refractivity contribution is 0.100. The van der Waals surface area contributed by atoms with Crippen molar-refractivity contribution in [3.8, 4) is 0 Å². The summed E-state index contributed by atoms with van der Waals surface area (Å²) in [4.78, 5) is 16.0. The molecule has 5 heteroatoms. The summed E-state index contributed by atoms with van der Waals surface area (Å²) in [5.74, 6) is -0.415. The van der Waals surface area contributed by atoms with Gasteiger partial charge in [-0.15, -0.1) is 11.3 Å². The number of para-hydroxylation sites is 1. The maximum absolute atomic E-state index is 11.4. The normalized spacial score (nSPS) is 23.6. The molecule has 3 N–H and O–H groups in total. The Morgan fingerprint density at radius 2 is 2.39 bits per heavy atom. The molecule has 94 valence electrons. The predicted octanol–water partition coefficient (Wildman–Crippen LogP) is 1.99. The highest BCUT2D eigenvalue weighted by Crippen LogP contribution is 2.36. The molecular weight excluding hydrogens is 246 g/mol. The van der Waals surface area contributed by atoms with Crippen LogP contribution in [0.2, 0.25) is 0 Å². The average Bonchev–Trinajstić information content (AvgIpc) is 2.94. The fourth-order valence-electron chi connectivity index (χ4n) is 2.46. The standard InChI is InChI=1S/C13H15N3OS/c1-13(6-3-7-15-13)12-16-10-8(11(14)17)4-2-5-9(10)18-12/h2,4-5,15H,3,6-7H2,1H3,(H2,14,17)/t13-/m1/s1. The molecule has 3 rings (SSSR count). The van der Waals surface area contributed by atoms with Crippen molar-refractivity contribution >= 4 is 27.5 Å². The number of thiazole rings is 1. The molecule has 1 amide bonds. The number of nitrogens with two attached hydrogens (primary N) is 1. The van der Waals surface area contributed by atoms with Gasteiger partial charge in [-0.3, -0.25) is 4.79 Å². The van der Waals surface area contributed by atoms with Crippen LogP contribution < -0.4 is 11.1 Å². The zero-order valence-electron chi connectivity index (χ0n) is 10.2. The quantitative estimate of drug-likeness (QED) is 0.868. The second kappa shape index (κ2) is 4.03. The summed E-state index contributed by atoms with van der Waals surface area (Å²) in [6.07, 6.45) is 2.24. The predicted molar refractivity (Wildman–Crippen MR) is 72.7 cm³/mol. The lowest BCUT2D eigenvalue weighted by Crippen LogP contribution is -2.32. The molecule has 1 atom stereocenters. The number of rotatable bonds is 2. The first-order chi connectivity index (χ1) is 8.60. The van der Waals surface area contributed by atoms with E-state index in [9.17, 15) is 4.79 Å². The second-order valence-corrected chi connectivity index (χ2v) is 5.93. The highest BCUT2D eigenvalue weighted by atomic mass is 32.1. The topological polar surface area (TPSA) is 68.0 Å². The number of carbonyl (C=O) groups excluding carboxylic acids is 1. The highest BCUT2D eigenvalue weighted by Gasteiger charge is 2.33. The Hall–Kier alpha value is -1.46. The van der Waals surface area contributed by atoms with Gasteiger partial charge < -0.3 is 11.1 Å². The first-order valence-electron chi connectivity index (χ1n) is 6.05. The Morgan fingerprint density at radius 3 is 3.06 bits per heavy atom. The molecule has 1 aromatic heterocycles. The van der Waals surface area contributed by atoms with E-state index in [1.54, 1.807) is 17.4 Å². The first-order valence-corrected chi connectivity index (χ1v) is 6.87. The van der Waals surface area contributed by atoms with E-state index < -0.39 is 5.91 Å². The van der Waals surface area contributed by atoms with E-state index in [0.29, 0.717) is 5.56 Å². The third kappa shape index (κ3) is 1.71. The Balaban J connectivity index is 2.16.